The molecule has 3 rings (SSSR count). The normalized spacial score (nSPS) is 15.4. The summed E-state index contributed by atoms with van der Waals surface area (Å²) < 4.78 is 20.1. The van der Waals surface area contributed by atoms with Crippen LogP contribution in [0.4, 0.5) is 4.39 Å². The summed E-state index contributed by atoms with van der Waals surface area (Å²) in [7, 11) is 0. The smallest absolute Gasteiger partial charge is 0.276 e. The van der Waals surface area contributed by atoms with Gasteiger partial charge in [0, 0.05) is 16.6 Å². The Morgan fingerprint density at radius 3 is 2.85 bits per heavy atom. The first-order valence-electron chi connectivity index (χ1n) is 8.49. The molecule has 1 fully saturated rings. The lowest BCUT2D eigenvalue weighted by Crippen LogP contribution is -2.31. The van der Waals surface area contributed by atoms with Crippen LogP contribution in [0.5, 0.6) is 5.75 Å². The maximum Gasteiger partial charge on any atom is 0.276 e. The molecule has 0 radical (unpaired) electrons. The van der Waals surface area contributed by atoms with Gasteiger partial charge in [-0.15, -0.1) is 0 Å². The molecular formula is C20H18BrFN2O2S. The molecule has 0 aliphatic carbocycles. The fourth-order valence-electron chi connectivity index (χ4n) is 2.71. The number of ether oxygens (including phenoxy) is 1. The third-order valence-electron chi connectivity index (χ3n) is 3.96. The Morgan fingerprint density at radius 2 is 2.11 bits per heavy atom. The van der Waals surface area contributed by atoms with Crippen molar-refractivity contribution in [3.05, 3.63) is 69.6 Å². The first-order chi connectivity index (χ1) is 13.0. The Hall–Kier alpha value is -2.25. The van der Waals surface area contributed by atoms with Gasteiger partial charge in [0.2, 0.25) is 0 Å². The zero-order valence-corrected chi connectivity index (χ0v) is 17.1. The van der Waals surface area contributed by atoms with Crippen LogP contribution in [-0.2, 0) is 11.4 Å². The van der Waals surface area contributed by atoms with Crippen molar-refractivity contribution in [1.29, 1.82) is 0 Å². The molecule has 0 unspecified atom stereocenters. The van der Waals surface area contributed by atoms with Gasteiger partial charge in [-0.3, -0.25) is 9.69 Å². The van der Waals surface area contributed by atoms with E-state index in [1.165, 1.54) is 12.1 Å². The van der Waals surface area contributed by atoms with Crippen LogP contribution in [0, 0.1) is 5.82 Å². The first kappa shape index (κ1) is 19.5. The van der Waals surface area contributed by atoms with Crippen molar-refractivity contribution in [2.45, 2.75) is 20.0 Å². The Balaban J connectivity index is 1.84. The van der Waals surface area contributed by atoms with Gasteiger partial charge >= 0.3 is 0 Å². The number of hydrogen-bond acceptors (Lipinski definition) is 3. The summed E-state index contributed by atoms with van der Waals surface area (Å²) in [6, 6.07) is 11.8. The minimum atomic E-state index is -0.306. The van der Waals surface area contributed by atoms with E-state index < -0.39 is 0 Å². The number of nitrogens with one attached hydrogen (secondary N) is 1. The number of carbonyl (C=O) groups is 1. The van der Waals surface area contributed by atoms with Crippen LogP contribution in [0.2, 0.25) is 0 Å². The van der Waals surface area contributed by atoms with E-state index in [0.29, 0.717) is 23.1 Å². The van der Waals surface area contributed by atoms with Gasteiger partial charge in [0.05, 0.1) is 0 Å². The summed E-state index contributed by atoms with van der Waals surface area (Å²) in [6.07, 6.45) is 2.54. The summed E-state index contributed by atoms with van der Waals surface area (Å²) >= 11 is 8.68. The summed E-state index contributed by atoms with van der Waals surface area (Å²) in [5.41, 5.74) is 1.85. The van der Waals surface area contributed by atoms with Gasteiger partial charge in [-0.1, -0.05) is 35.0 Å². The SMILES string of the molecule is CCCN1C(=O)C(=Cc2cc(Br)ccc2OCc2cccc(F)c2)NC1=S. The monoisotopic (exact) mass is 448 g/mol. The number of benzene rings is 2. The number of thiocarbonyl (C=S) groups is 1. The number of rotatable bonds is 6. The van der Waals surface area contributed by atoms with Gasteiger partial charge in [0.1, 0.15) is 23.9 Å². The standard InChI is InChI=1S/C20H18BrFN2O2S/c1-2-8-24-19(25)17(23-20(24)27)11-14-10-15(21)6-7-18(14)26-12-13-4-3-5-16(22)9-13/h3-7,9-11H,2,8,12H2,1H3,(H,23,27). The quantitative estimate of drug-likeness (QED) is 0.516. The summed E-state index contributed by atoms with van der Waals surface area (Å²) in [6.45, 7) is 2.78. The fourth-order valence-corrected chi connectivity index (χ4v) is 3.37. The minimum Gasteiger partial charge on any atom is -0.488 e. The highest BCUT2D eigenvalue weighted by molar-refractivity contribution is 9.10. The molecule has 1 heterocycles. The largest absolute Gasteiger partial charge is 0.488 e. The average Bonchev–Trinajstić information content (AvgIpc) is 2.89. The second kappa shape index (κ2) is 8.63. The zero-order valence-electron chi connectivity index (χ0n) is 14.7. The summed E-state index contributed by atoms with van der Waals surface area (Å²) in [4.78, 5) is 14.1. The molecule has 0 atom stereocenters. The third-order valence-corrected chi connectivity index (χ3v) is 4.78. The van der Waals surface area contributed by atoms with Crippen molar-refractivity contribution in [3.63, 3.8) is 0 Å². The Bertz CT molecular complexity index is 917. The van der Waals surface area contributed by atoms with E-state index >= 15 is 0 Å². The van der Waals surface area contributed by atoms with Crippen LogP contribution in [0.15, 0.2) is 52.6 Å². The lowest BCUT2D eigenvalue weighted by Gasteiger charge is -2.12. The minimum absolute atomic E-state index is 0.155. The van der Waals surface area contributed by atoms with Gasteiger partial charge in [0.15, 0.2) is 5.11 Å². The summed E-state index contributed by atoms with van der Waals surface area (Å²) in [5.74, 6) is 0.127. The molecule has 1 N–H and O–H groups in total. The molecule has 7 heteroatoms. The second-order valence-corrected chi connectivity index (χ2v) is 7.35. The molecule has 4 nitrogen and oxygen atoms in total. The maximum atomic E-state index is 13.3. The van der Waals surface area contributed by atoms with Crippen LogP contribution in [0.3, 0.4) is 0 Å². The molecule has 140 valence electrons. The zero-order chi connectivity index (χ0) is 19.4. The van der Waals surface area contributed by atoms with Crippen molar-refractivity contribution in [1.82, 2.24) is 10.2 Å². The van der Waals surface area contributed by atoms with Crippen molar-refractivity contribution in [2.75, 3.05) is 6.54 Å². The van der Waals surface area contributed by atoms with E-state index in [9.17, 15) is 9.18 Å². The van der Waals surface area contributed by atoms with E-state index in [-0.39, 0.29) is 18.3 Å². The number of carbonyl (C=O) groups excluding carboxylic acids is 1. The van der Waals surface area contributed by atoms with Crippen molar-refractivity contribution in [3.8, 4) is 5.75 Å². The number of halogens is 2. The molecule has 2 aromatic carbocycles. The highest BCUT2D eigenvalue weighted by Gasteiger charge is 2.29. The van der Waals surface area contributed by atoms with Gasteiger partial charge in [-0.25, -0.2) is 4.39 Å². The molecule has 0 bridgehead atoms. The highest BCUT2D eigenvalue weighted by atomic mass is 79.9. The molecular weight excluding hydrogens is 431 g/mol. The lowest BCUT2D eigenvalue weighted by molar-refractivity contribution is -0.122. The second-order valence-electron chi connectivity index (χ2n) is 6.05. The molecule has 1 aliphatic rings. The van der Waals surface area contributed by atoms with Crippen LogP contribution < -0.4 is 10.1 Å². The van der Waals surface area contributed by atoms with Gasteiger partial charge < -0.3 is 10.1 Å². The predicted octanol–water partition coefficient (Wildman–Crippen LogP) is 4.63. The highest BCUT2D eigenvalue weighted by Crippen LogP contribution is 2.27. The van der Waals surface area contributed by atoms with Gasteiger partial charge in [-0.05, 0) is 60.6 Å². The van der Waals surface area contributed by atoms with E-state index in [0.717, 1.165) is 22.0 Å². The van der Waals surface area contributed by atoms with Crippen molar-refractivity contribution >= 4 is 45.2 Å². The van der Waals surface area contributed by atoms with Gasteiger partial charge in [0.25, 0.3) is 5.91 Å². The van der Waals surface area contributed by atoms with E-state index in [2.05, 4.69) is 21.2 Å². The van der Waals surface area contributed by atoms with Crippen LogP contribution in [-0.4, -0.2) is 22.5 Å². The molecule has 0 saturated carbocycles. The molecule has 1 saturated heterocycles. The van der Waals surface area contributed by atoms with Crippen LogP contribution >= 0.6 is 28.1 Å². The van der Waals surface area contributed by atoms with Crippen LogP contribution in [0.1, 0.15) is 24.5 Å². The van der Waals surface area contributed by atoms with E-state index in [1.54, 1.807) is 29.2 Å². The Labute approximate surface area is 171 Å². The van der Waals surface area contributed by atoms with Crippen molar-refractivity contribution in [2.24, 2.45) is 0 Å². The molecule has 1 amide bonds. The fraction of sp³-hybridized carbons (Fsp3) is 0.200. The van der Waals surface area contributed by atoms with Gasteiger partial charge in [-0.2, -0.15) is 0 Å². The molecule has 27 heavy (non-hydrogen) atoms. The third kappa shape index (κ3) is 4.73. The topological polar surface area (TPSA) is 41.6 Å². The van der Waals surface area contributed by atoms with E-state index in [4.69, 9.17) is 17.0 Å². The maximum absolute atomic E-state index is 13.3. The van der Waals surface area contributed by atoms with Crippen LogP contribution in [0.25, 0.3) is 6.08 Å². The Kier molecular flexibility index (Phi) is 6.23. The lowest BCUT2D eigenvalue weighted by atomic mass is 10.1. The predicted molar refractivity (Wildman–Crippen MR) is 111 cm³/mol. The Morgan fingerprint density at radius 1 is 1.30 bits per heavy atom. The van der Waals surface area contributed by atoms with Crippen molar-refractivity contribution < 1.29 is 13.9 Å². The molecule has 0 spiro atoms. The number of hydrogen-bond donors (Lipinski definition) is 1. The number of amides is 1. The molecule has 2 aromatic rings. The summed E-state index contributed by atoms with van der Waals surface area (Å²) in [5, 5.41) is 3.37. The first-order valence-corrected chi connectivity index (χ1v) is 9.69. The molecule has 0 aromatic heterocycles. The number of nitrogens with zero attached hydrogens (tertiary/aromatic N) is 1. The average molecular weight is 449 g/mol. The van der Waals surface area contributed by atoms with E-state index in [1.807, 2.05) is 19.1 Å². The molecule has 1 aliphatic heterocycles.